The van der Waals surface area contributed by atoms with E-state index in [1.807, 2.05) is 50.2 Å². The molecular formula is C19H22N2O3. The fraction of sp³-hybridized carbons (Fsp3) is 0.368. The zero-order chi connectivity index (χ0) is 17.1. The molecule has 0 bridgehead atoms. The van der Waals surface area contributed by atoms with Gasteiger partial charge in [0.2, 0.25) is 11.8 Å². The molecule has 1 aromatic heterocycles. The monoisotopic (exact) mass is 326 g/mol. The molecule has 5 nitrogen and oxygen atoms in total. The smallest absolute Gasteiger partial charge is 0.225 e. The summed E-state index contributed by atoms with van der Waals surface area (Å²) in [6, 6.07) is 11.4. The van der Waals surface area contributed by atoms with Gasteiger partial charge in [-0.1, -0.05) is 18.2 Å². The van der Waals surface area contributed by atoms with E-state index in [0.29, 0.717) is 19.4 Å². The lowest BCUT2D eigenvalue weighted by Gasteiger charge is -2.30. The van der Waals surface area contributed by atoms with Crippen LogP contribution in [0.5, 0.6) is 0 Å². The molecule has 24 heavy (non-hydrogen) atoms. The summed E-state index contributed by atoms with van der Waals surface area (Å²) in [5, 5.41) is 2.87. The summed E-state index contributed by atoms with van der Waals surface area (Å²) < 4.78 is 5.37. The largest absolute Gasteiger partial charge is 0.467 e. The van der Waals surface area contributed by atoms with E-state index in [4.69, 9.17) is 4.42 Å². The molecule has 0 spiro atoms. The third-order valence-electron chi connectivity index (χ3n) is 4.38. The number of rotatable bonds is 5. The third-order valence-corrected chi connectivity index (χ3v) is 4.38. The first-order valence-corrected chi connectivity index (χ1v) is 8.25. The van der Waals surface area contributed by atoms with Crippen LogP contribution in [0.1, 0.15) is 43.9 Å². The van der Waals surface area contributed by atoms with Gasteiger partial charge in [0.1, 0.15) is 5.76 Å². The van der Waals surface area contributed by atoms with E-state index in [2.05, 4.69) is 5.32 Å². The fourth-order valence-electron chi connectivity index (χ4n) is 3.14. The van der Waals surface area contributed by atoms with Gasteiger partial charge >= 0.3 is 0 Å². The highest BCUT2D eigenvalue weighted by molar-refractivity contribution is 5.95. The van der Waals surface area contributed by atoms with Gasteiger partial charge in [0.05, 0.1) is 12.8 Å². The summed E-state index contributed by atoms with van der Waals surface area (Å²) in [6.07, 6.45) is 2.28. The predicted molar refractivity (Wildman–Crippen MR) is 91.4 cm³/mol. The van der Waals surface area contributed by atoms with Crippen molar-refractivity contribution in [2.24, 2.45) is 0 Å². The molecule has 5 heteroatoms. The summed E-state index contributed by atoms with van der Waals surface area (Å²) in [5.41, 5.74) is 1.85. The number of para-hydroxylation sites is 1. The second-order valence-electron chi connectivity index (χ2n) is 6.44. The van der Waals surface area contributed by atoms with Crippen LogP contribution in [0.25, 0.3) is 0 Å². The van der Waals surface area contributed by atoms with Crippen LogP contribution in [0.2, 0.25) is 0 Å². The van der Waals surface area contributed by atoms with Crippen LogP contribution in [0.15, 0.2) is 47.1 Å². The molecule has 1 unspecified atom stereocenters. The Bertz CT molecular complexity index is 722. The minimum absolute atomic E-state index is 0.0337. The molecular weight excluding hydrogens is 304 g/mol. The number of amides is 2. The van der Waals surface area contributed by atoms with E-state index in [9.17, 15) is 9.59 Å². The molecule has 0 fully saturated rings. The first-order valence-electron chi connectivity index (χ1n) is 8.25. The summed E-state index contributed by atoms with van der Waals surface area (Å²) >= 11 is 0. The topological polar surface area (TPSA) is 62.6 Å². The average molecular weight is 326 g/mol. The molecule has 0 saturated carbocycles. The molecule has 2 aromatic rings. The van der Waals surface area contributed by atoms with E-state index in [0.717, 1.165) is 17.0 Å². The maximum absolute atomic E-state index is 12.8. The molecule has 1 aliphatic heterocycles. The van der Waals surface area contributed by atoms with Gasteiger partial charge < -0.3 is 14.6 Å². The Morgan fingerprint density at radius 2 is 2.08 bits per heavy atom. The van der Waals surface area contributed by atoms with Gasteiger partial charge in [0.25, 0.3) is 0 Å². The Hall–Kier alpha value is -2.56. The van der Waals surface area contributed by atoms with Gasteiger partial charge in [-0.2, -0.15) is 0 Å². The maximum Gasteiger partial charge on any atom is 0.225 e. The lowest BCUT2D eigenvalue weighted by Crippen LogP contribution is -2.37. The second-order valence-corrected chi connectivity index (χ2v) is 6.44. The van der Waals surface area contributed by atoms with Crippen molar-refractivity contribution < 1.29 is 14.0 Å². The van der Waals surface area contributed by atoms with Crippen LogP contribution in [0, 0.1) is 0 Å². The SMILES string of the molecule is CC(C)N(Cc1ccco1)C(=O)CC1CC(=O)Nc2ccccc21. The summed E-state index contributed by atoms with van der Waals surface area (Å²) in [6.45, 7) is 4.43. The predicted octanol–water partition coefficient (Wildman–Crippen LogP) is 3.53. The van der Waals surface area contributed by atoms with E-state index in [-0.39, 0.29) is 23.8 Å². The maximum atomic E-state index is 12.8. The highest BCUT2D eigenvalue weighted by Crippen LogP contribution is 2.34. The van der Waals surface area contributed by atoms with Crippen molar-refractivity contribution in [2.75, 3.05) is 5.32 Å². The standard InChI is InChI=1S/C19H22N2O3/c1-13(2)21(12-15-6-5-9-24-15)19(23)11-14-10-18(22)20-17-8-4-3-7-16(14)17/h3-9,13-14H,10-12H2,1-2H3,(H,20,22). The Morgan fingerprint density at radius 1 is 1.29 bits per heavy atom. The van der Waals surface area contributed by atoms with E-state index in [1.165, 1.54) is 0 Å². The Kier molecular flexibility index (Phi) is 4.69. The molecule has 1 aliphatic rings. The van der Waals surface area contributed by atoms with Crippen LogP contribution in [-0.4, -0.2) is 22.8 Å². The zero-order valence-electron chi connectivity index (χ0n) is 14.0. The van der Waals surface area contributed by atoms with Crippen molar-refractivity contribution >= 4 is 17.5 Å². The lowest BCUT2D eigenvalue weighted by molar-refractivity contribution is -0.134. The fourth-order valence-corrected chi connectivity index (χ4v) is 3.14. The van der Waals surface area contributed by atoms with E-state index < -0.39 is 0 Å². The van der Waals surface area contributed by atoms with Crippen molar-refractivity contribution in [1.29, 1.82) is 0 Å². The number of anilines is 1. The lowest BCUT2D eigenvalue weighted by atomic mass is 9.87. The van der Waals surface area contributed by atoms with E-state index >= 15 is 0 Å². The van der Waals surface area contributed by atoms with Crippen molar-refractivity contribution in [2.45, 2.75) is 45.2 Å². The molecule has 126 valence electrons. The van der Waals surface area contributed by atoms with Gasteiger partial charge in [0.15, 0.2) is 0 Å². The third kappa shape index (κ3) is 3.50. The number of nitrogens with zero attached hydrogens (tertiary/aromatic N) is 1. The van der Waals surface area contributed by atoms with Crippen molar-refractivity contribution in [3.63, 3.8) is 0 Å². The average Bonchev–Trinajstić information content (AvgIpc) is 3.05. The molecule has 2 amide bonds. The van der Waals surface area contributed by atoms with Crippen LogP contribution >= 0.6 is 0 Å². The number of nitrogens with one attached hydrogen (secondary N) is 1. The highest BCUT2D eigenvalue weighted by Gasteiger charge is 2.29. The molecule has 1 N–H and O–H groups in total. The Balaban J connectivity index is 1.76. The number of carbonyl (C=O) groups excluding carboxylic acids is 2. The normalized spacial score (nSPS) is 16.6. The number of hydrogen-bond acceptors (Lipinski definition) is 3. The van der Waals surface area contributed by atoms with Crippen LogP contribution in [0.4, 0.5) is 5.69 Å². The van der Waals surface area contributed by atoms with Gasteiger partial charge in [-0.05, 0) is 37.6 Å². The van der Waals surface area contributed by atoms with Gasteiger partial charge in [0, 0.05) is 30.5 Å². The quantitative estimate of drug-likeness (QED) is 0.914. The summed E-state index contributed by atoms with van der Waals surface area (Å²) in [4.78, 5) is 26.6. The van der Waals surface area contributed by atoms with E-state index in [1.54, 1.807) is 11.2 Å². The number of hydrogen-bond donors (Lipinski definition) is 1. The van der Waals surface area contributed by atoms with Gasteiger partial charge in [-0.3, -0.25) is 9.59 Å². The first kappa shape index (κ1) is 16.3. The molecule has 1 atom stereocenters. The summed E-state index contributed by atoms with van der Waals surface area (Å²) in [7, 11) is 0. The highest BCUT2D eigenvalue weighted by atomic mass is 16.3. The van der Waals surface area contributed by atoms with Crippen molar-refractivity contribution in [1.82, 2.24) is 4.90 Å². The van der Waals surface area contributed by atoms with Gasteiger partial charge in [-0.15, -0.1) is 0 Å². The molecule has 2 heterocycles. The number of fused-ring (bicyclic) bond motifs is 1. The van der Waals surface area contributed by atoms with Crippen LogP contribution in [-0.2, 0) is 16.1 Å². The molecule has 1 aromatic carbocycles. The van der Waals surface area contributed by atoms with Crippen molar-refractivity contribution in [3.05, 3.63) is 54.0 Å². The second kappa shape index (κ2) is 6.91. The van der Waals surface area contributed by atoms with Crippen molar-refractivity contribution in [3.8, 4) is 0 Å². The minimum atomic E-state index is -0.0831. The Morgan fingerprint density at radius 3 is 2.79 bits per heavy atom. The molecule has 0 aliphatic carbocycles. The van der Waals surface area contributed by atoms with Gasteiger partial charge in [-0.25, -0.2) is 0 Å². The molecule has 0 saturated heterocycles. The number of benzene rings is 1. The minimum Gasteiger partial charge on any atom is -0.467 e. The summed E-state index contributed by atoms with van der Waals surface area (Å²) in [5.74, 6) is 0.684. The number of furan rings is 1. The number of carbonyl (C=O) groups is 2. The Labute approximate surface area is 141 Å². The zero-order valence-corrected chi connectivity index (χ0v) is 14.0. The van der Waals surface area contributed by atoms with Crippen LogP contribution in [0.3, 0.4) is 0 Å². The van der Waals surface area contributed by atoms with Crippen LogP contribution < -0.4 is 5.32 Å². The molecule has 3 rings (SSSR count). The first-order chi connectivity index (χ1) is 11.5. The molecule has 0 radical (unpaired) electrons.